The lowest BCUT2D eigenvalue weighted by Crippen LogP contribution is -2.16. The number of rotatable bonds is 6. The third-order valence-corrected chi connectivity index (χ3v) is 4.85. The monoisotopic (exact) mass is 510 g/mol. The molecule has 35 heavy (non-hydrogen) atoms. The van der Waals surface area contributed by atoms with E-state index in [4.69, 9.17) is 39.6 Å². The van der Waals surface area contributed by atoms with Crippen LogP contribution < -0.4 is 5.32 Å². The zero-order valence-electron chi connectivity index (χ0n) is 18.6. The summed E-state index contributed by atoms with van der Waals surface area (Å²) in [6, 6.07) is 6.54. The van der Waals surface area contributed by atoms with Crippen LogP contribution in [0.5, 0.6) is 0 Å². The molecule has 0 saturated heterocycles. The van der Waals surface area contributed by atoms with Gasteiger partial charge < -0.3 is 30.6 Å². The predicted molar refractivity (Wildman–Crippen MR) is 125 cm³/mol. The van der Waals surface area contributed by atoms with Crippen LogP contribution in [0.3, 0.4) is 0 Å². The van der Waals surface area contributed by atoms with Crippen LogP contribution in [0.2, 0.25) is 0 Å². The molecule has 0 amide bonds. The van der Waals surface area contributed by atoms with Gasteiger partial charge in [0.1, 0.15) is 22.8 Å². The lowest BCUT2D eigenvalue weighted by Gasteiger charge is -2.11. The van der Waals surface area contributed by atoms with Crippen molar-refractivity contribution >= 4 is 51.2 Å². The fourth-order valence-electron chi connectivity index (χ4n) is 2.45. The zero-order chi connectivity index (χ0) is 26.5. The number of benzene rings is 1. The Labute approximate surface area is 202 Å². The van der Waals surface area contributed by atoms with E-state index in [0.717, 1.165) is 46.7 Å². The predicted octanol–water partition coefficient (Wildman–Crippen LogP) is 2.17. The Morgan fingerprint density at radius 3 is 1.97 bits per heavy atom. The molecule has 12 nitrogen and oxygen atoms in total. The lowest BCUT2D eigenvalue weighted by molar-refractivity contribution is -0.159. The Kier molecular flexibility index (Phi) is 11.7. The number of aromatic nitrogens is 2. The van der Waals surface area contributed by atoms with E-state index >= 15 is 0 Å². The van der Waals surface area contributed by atoms with Gasteiger partial charge in [-0.15, -0.1) is 11.3 Å². The summed E-state index contributed by atoms with van der Waals surface area (Å²) in [6.07, 6.45) is 2.62. The molecule has 14 heteroatoms. The summed E-state index contributed by atoms with van der Waals surface area (Å²) in [5, 5.41) is 36.0. The molecule has 0 aliphatic heterocycles. The fourth-order valence-corrected chi connectivity index (χ4v) is 3.37. The number of fused-ring (bicyclic) bond motifs is 1. The number of carboxylic acids is 4. The molecule has 0 fully saturated rings. The topological polar surface area (TPSA) is 190 Å². The van der Waals surface area contributed by atoms with E-state index in [0.29, 0.717) is 0 Å². The summed E-state index contributed by atoms with van der Waals surface area (Å²) in [7, 11) is 4.13. The highest BCUT2D eigenvalue weighted by molar-refractivity contribution is 7.17. The molecule has 5 N–H and O–H groups in total. The summed E-state index contributed by atoms with van der Waals surface area (Å²) in [4.78, 5) is 48.2. The summed E-state index contributed by atoms with van der Waals surface area (Å²) in [5.74, 6) is -6.68. The van der Waals surface area contributed by atoms with Crippen molar-refractivity contribution in [2.75, 3.05) is 32.5 Å². The minimum atomic E-state index is -1.82. The van der Waals surface area contributed by atoms with Crippen LogP contribution in [0, 0.1) is 5.82 Å². The minimum Gasteiger partial charge on any atom is -0.473 e. The minimum absolute atomic E-state index is 0.230. The molecule has 3 rings (SSSR count). The number of carboxylic acid groups (broad SMARTS) is 4. The first kappa shape index (κ1) is 28.9. The lowest BCUT2D eigenvalue weighted by atomic mass is 10.1. The number of carbonyl (C=O) groups is 4. The molecule has 2 heterocycles. The molecule has 1 aromatic carbocycles. The van der Waals surface area contributed by atoms with Crippen molar-refractivity contribution in [1.29, 1.82) is 0 Å². The maximum absolute atomic E-state index is 13.2. The second kappa shape index (κ2) is 14.2. The third kappa shape index (κ3) is 10.1. The largest absolute Gasteiger partial charge is 0.473 e. The van der Waals surface area contributed by atoms with E-state index < -0.39 is 23.9 Å². The van der Waals surface area contributed by atoms with Gasteiger partial charge in [0.25, 0.3) is 0 Å². The van der Waals surface area contributed by atoms with Gasteiger partial charge in [-0.2, -0.15) is 0 Å². The maximum Gasteiger partial charge on any atom is 0.414 e. The Morgan fingerprint density at radius 2 is 1.49 bits per heavy atom. The third-order valence-electron chi connectivity index (χ3n) is 3.97. The summed E-state index contributed by atoms with van der Waals surface area (Å²) in [6.45, 7) is 1.87. The van der Waals surface area contributed by atoms with Gasteiger partial charge in [-0.1, -0.05) is 12.1 Å². The molecule has 2 aromatic heterocycles. The number of nitrogens with one attached hydrogen (secondary N) is 1. The van der Waals surface area contributed by atoms with Crippen molar-refractivity contribution in [2.45, 2.75) is 6.42 Å². The first-order valence-electron chi connectivity index (χ1n) is 9.73. The number of anilines is 1. The molecule has 0 aliphatic carbocycles. The van der Waals surface area contributed by atoms with E-state index in [1.54, 1.807) is 29.8 Å². The van der Waals surface area contributed by atoms with Gasteiger partial charge in [0.2, 0.25) is 0 Å². The molecular formula is C21H23FN4O8S. The average Bonchev–Trinajstić information content (AvgIpc) is 3.23. The smallest absolute Gasteiger partial charge is 0.414 e. The molecule has 0 atom stereocenters. The first-order valence-corrected chi connectivity index (χ1v) is 10.6. The molecule has 0 radical (unpaired) electrons. The number of nitrogens with zero attached hydrogens (tertiary/aromatic N) is 3. The average molecular weight is 511 g/mol. The van der Waals surface area contributed by atoms with Crippen LogP contribution in [-0.2, 0) is 19.2 Å². The number of halogens is 1. The van der Waals surface area contributed by atoms with Gasteiger partial charge in [-0.25, -0.2) is 33.5 Å². The second-order valence-corrected chi connectivity index (χ2v) is 7.72. The van der Waals surface area contributed by atoms with Crippen molar-refractivity contribution in [2.24, 2.45) is 0 Å². The Balaban J connectivity index is 0.000000425. The van der Waals surface area contributed by atoms with E-state index in [-0.39, 0.29) is 5.82 Å². The van der Waals surface area contributed by atoms with Crippen LogP contribution in [0.15, 0.2) is 36.0 Å². The highest BCUT2D eigenvalue weighted by Gasteiger charge is 2.13. The number of thiophene rings is 1. The molecule has 3 aromatic rings. The van der Waals surface area contributed by atoms with E-state index in [9.17, 15) is 4.39 Å². The van der Waals surface area contributed by atoms with Crippen molar-refractivity contribution < 1.29 is 44.0 Å². The van der Waals surface area contributed by atoms with Crippen LogP contribution >= 0.6 is 11.3 Å². The first-order chi connectivity index (χ1) is 16.4. The van der Waals surface area contributed by atoms with Gasteiger partial charge in [0, 0.05) is 17.5 Å². The van der Waals surface area contributed by atoms with Gasteiger partial charge in [0.05, 0.1) is 5.39 Å². The van der Waals surface area contributed by atoms with Crippen molar-refractivity contribution in [3.63, 3.8) is 0 Å². The highest BCUT2D eigenvalue weighted by Crippen LogP contribution is 2.36. The van der Waals surface area contributed by atoms with E-state index in [2.05, 4.69) is 39.7 Å². The van der Waals surface area contributed by atoms with E-state index in [1.807, 2.05) is 0 Å². The number of hydrogen-bond acceptors (Lipinski definition) is 9. The van der Waals surface area contributed by atoms with Crippen LogP contribution in [0.1, 0.15) is 6.42 Å². The molecule has 0 spiro atoms. The Bertz CT molecular complexity index is 1120. The zero-order valence-corrected chi connectivity index (χ0v) is 19.5. The Hall–Kier alpha value is -4.17. The van der Waals surface area contributed by atoms with Gasteiger partial charge >= 0.3 is 23.9 Å². The summed E-state index contributed by atoms with van der Waals surface area (Å²) >= 11 is 1.58. The molecular weight excluding hydrogens is 487 g/mol. The molecule has 0 unspecified atom stereocenters. The van der Waals surface area contributed by atoms with Crippen LogP contribution in [0.4, 0.5) is 10.2 Å². The van der Waals surface area contributed by atoms with Crippen molar-refractivity contribution in [1.82, 2.24) is 14.9 Å². The van der Waals surface area contributed by atoms with E-state index in [1.165, 1.54) is 12.1 Å². The van der Waals surface area contributed by atoms with Crippen molar-refractivity contribution in [3.05, 3.63) is 41.8 Å². The van der Waals surface area contributed by atoms with Gasteiger partial charge in [-0.3, -0.25) is 0 Å². The standard InChI is InChI=1S/C17H19FN4S.2C2H2O4/c1-22(2)9-3-8-19-16-15-14(10-23-17(15)21-11-20-16)12-4-6-13(18)7-5-12;2*3-1(4)2(5)6/h4-7,10-11H,3,8-9H2,1-2H3,(H,19,20,21);2*(H,3,4)(H,5,6). The quantitative estimate of drug-likeness (QED) is 0.240. The molecule has 0 aliphatic rings. The van der Waals surface area contributed by atoms with Gasteiger partial charge in [-0.05, 0) is 44.8 Å². The number of aliphatic carboxylic acids is 4. The number of hydrogen-bond donors (Lipinski definition) is 5. The maximum atomic E-state index is 13.2. The normalized spacial score (nSPS) is 9.94. The summed E-state index contributed by atoms with van der Waals surface area (Å²) in [5.41, 5.74) is 2.02. The fraction of sp³-hybridized carbons (Fsp3) is 0.238. The molecule has 0 bridgehead atoms. The van der Waals surface area contributed by atoms with Crippen LogP contribution in [0.25, 0.3) is 21.3 Å². The van der Waals surface area contributed by atoms with Crippen LogP contribution in [-0.4, -0.2) is 86.4 Å². The summed E-state index contributed by atoms with van der Waals surface area (Å²) < 4.78 is 13.2. The Morgan fingerprint density at radius 1 is 0.943 bits per heavy atom. The highest BCUT2D eigenvalue weighted by atomic mass is 32.1. The second-order valence-electron chi connectivity index (χ2n) is 6.86. The SMILES string of the molecule is CN(C)CCCNc1ncnc2scc(-c3ccc(F)cc3)c12.O=C(O)C(=O)O.O=C(O)C(=O)O. The molecule has 188 valence electrons. The molecule has 0 saturated carbocycles. The van der Waals surface area contributed by atoms with Crippen molar-refractivity contribution in [3.8, 4) is 11.1 Å². The van der Waals surface area contributed by atoms with Gasteiger partial charge in [0.15, 0.2) is 0 Å².